The molecule has 1 aliphatic rings. The second-order valence-electron chi connectivity index (χ2n) is 11.7. The summed E-state index contributed by atoms with van der Waals surface area (Å²) >= 11 is 1.82. The average Bonchev–Trinajstić information content (AvgIpc) is 3.33. The van der Waals surface area contributed by atoms with Crippen LogP contribution in [0, 0.1) is 5.92 Å². The van der Waals surface area contributed by atoms with Gasteiger partial charge >= 0.3 is 5.97 Å². The Morgan fingerprint density at radius 2 is 1.78 bits per heavy atom. The maximum absolute atomic E-state index is 12.2. The zero-order valence-electron chi connectivity index (χ0n) is 23.3. The predicted octanol–water partition coefficient (Wildman–Crippen LogP) is 7.23. The van der Waals surface area contributed by atoms with Crippen molar-refractivity contribution in [1.82, 2.24) is 10.3 Å². The number of thiazole rings is 1. The zero-order valence-corrected chi connectivity index (χ0v) is 24.1. The molecule has 1 unspecified atom stereocenters. The zero-order chi connectivity index (χ0) is 26.8. The van der Waals surface area contributed by atoms with Crippen molar-refractivity contribution in [2.45, 2.75) is 78.3 Å². The Morgan fingerprint density at radius 3 is 2.41 bits per heavy atom. The number of rotatable bonds is 9. The van der Waals surface area contributed by atoms with Gasteiger partial charge in [0.15, 0.2) is 5.13 Å². The van der Waals surface area contributed by atoms with Crippen LogP contribution in [-0.2, 0) is 22.1 Å². The maximum atomic E-state index is 12.2. The van der Waals surface area contributed by atoms with Crippen molar-refractivity contribution in [3.05, 3.63) is 76.3 Å². The number of carbonyl (C=O) groups is 1. The van der Waals surface area contributed by atoms with Gasteiger partial charge < -0.3 is 15.0 Å². The molecule has 0 bridgehead atoms. The van der Waals surface area contributed by atoms with Crippen LogP contribution in [0.2, 0.25) is 0 Å². The van der Waals surface area contributed by atoms with E-state index in [-0.39, 0.29) is 16.8 Å². The molecule has 1 heterocycles. The van der Waals surface area contributed by atoms with Gasteiger partial charge in [0.05, 0.1) is 17.9 Å². The smallest absolute Gasteiger partial charge is 0.338 e. The number of benzene rings is 2. The van der Waals surface area contributed by atoms with Crippen molar-refractivity contribution in [2.24, 2.45) is 5.92 Å². The van der Waals surface area contributed by atoms with E-state index < -0.39 is 0 Å². The van der Waals surface area contributed by atoms with Gasteiger partial charge in [-0.2, -0.15) is 0 Å². The number of nitrogens with one attached hydrogen (secondary N) is 1. The first-order chi connectivity index (χ1) is 17.5. The van der Waals surface area contributed by atoms with Crippen molar-refractivity contribution in [1.29, 1.82) is 0 Å². The normalized spacial score (nSPS) is 17.9. The highest BCUT2D eigenvalue weighted by Gasteiger charge is 2.47. The fourth-order valence-electron chi connectivity index (χ4n) is 5.16. The molecule has 0 saturated carbocycles. The lowest BCUT2D eigenvalue weighted by Crippen LogP contribution is -2.52. The van der Waals surface area contributed by atoms with Crippen molar-refractivity contribution in [2.75, 3.05) is 18.1 Å². The molecule has 0 spiro atoms. The summed E-state index contributed by atoms with van der Waals surface area (Å²) in [7, 11) is 0. The van der Waals surface area contributed by atoms with Crippen LogP contribution in [0.25, 0.3) is 0 Å². The van der Waals surface area contributed by atoms with Crippen molar-refractivity contribution < 1.29 is 9.53 Å². The second-order valence-corrected chi connectivity index (χ2v) is 12.7. The molecule has 3 aromatic rings. The largest absolute Gasteiger partial charge is 0.462 e. The molecule has 0 radical (unpaired) electrons. The van der Waals surface area contributed by atoms with E-state index in [0.29, 0.717) is 24.1 Å². The van der Waals surface area contributed by atoms with E-state index in [1.165, 1.54) is 16.1 Å². The first kappa shape index (κ1) is 27.3. The molecular formula is C31H41N3O2S. The van der Waals surface area contributed by atoms with E-state index >= 15 is 0 Å². The number of nitrogens with zero attached hydrogens (tertiary/aromatic N) is 2. The van der Waals surface area contributed by atoms with Crippen LogP contribution >= 0.6 is 11.3 Å². The van der Waals surface area contributed by atoms with Gasteiger partial charge in [0.25, 0.3) is 0 Å². The highest BCUT2D eigenvalue weighted by Crippen LogP contribution is 2.50. The first-order valence-corrected chi connectivity index (χ1v) is 14.2. The highest BCUT2D eigenvalue weighted by atomic mass is 32.1. The number of hydrogen-bond acceptors (Lipinski definition) is 6. The molecule has 2 aromatic carbocycles. The van der Waals surface area contributed by atoms with Gasteiger partial charge in [0.2, 0.25) is 0 Å². The van der Waals surface area contributed by atoms with Gasteiger partial charge in [0, 0.05) is 40.5 Å². The van der Waals surface area contributed by atoms with E-state index in [1.807, 2.05) is 42.5 Å². The Hall–Kier alpha value is -2.70. The Balaban J connectivity index is 1.66. The number of esters is 1. The molecule has 0 aliphatic heterocycles. The Kier molecular flexibility index (Phi) is 8.10. The number of aromatic nitrogens is 1. The summed E-state index contributed by atoms with van der Waals surface area (Å²) < 4.78 is 5.17. The average molecular weight is 520 g/mol. The topological polar surface area (TPSA) is 54.5 Å². The number of fused-ring (bicyclic) bond motifs is 1. The molecule has 5 nitrogen and oxygen atoms in total. The monoisotopic (exact) mass is 519 g/mol. The minimum Gasteiger partial charge on any atom is -0.462 e. The third-order valence-electron chi connectivity index (χ3n) is 7.29. The van der Waals surface area contributed by atoms with Crippen LogP contribution in [0.4, 0.5) is 10.8 Å². The molecular weight excluding hydrogens is 478 g/mol. The SMILES string of the molecule is CCOC(=O)c1ccc(N(CC(C)C)c2nc3c(s2)C(C)(C)CC(NCc2ccccc2)C3(C)C)cc1. The van der Waals surface area contributed by atoms with Crippen LogP contribution in [0.5, 0.6) is 0 Å². The quantitative estimate of drug-likeness (QED) is 0.302. The standard InChI is InChI=1S/C31H41N3O2S/c1-8-36-28(35)23-14-16-24(17-15-23)34(20-21(2)3)29-33-26-27(37-29)30(4,5)18-25(31(26,6)7)32-19-22-12-10-9-11-13-22/h9-17,21,25,32H,8,18-20H2,1-7H3. The minimum atomic E-state index is -0.285. The van der Waals surface area contributed by atoms with Gasteiger partial charge in [-0.25, -0.2) is 9.78 Å². The number of hydrogen-bond donors (Lipinski definition) is 1. The fourth-order valence-corrected chi connectivity index (χ4v) is 6.53. The van der Waals surface area contributed by atoms with Crippen molar-refractivity contribution >= 4 is 28.1 Å². The van der Waals surface area contributed by atoms with E-state index in [2.05, 4.69) is 82.1 Å². The van der Waals surface area contributed by atoms with Gasteiger partial charge in [-0.1, -0.05) is 71.9 Å². The summed E-state index contributed by atoms with van der Waals surface area (Å²) in [6.45, 7) is 17.7. The molecule has 6 heteroatoms. The molecule has 1 N–H and O–H groups in total. The summed E-state index contributed by atoms with van der Waals surface area (Å²) in [6, 6.07) is 18.7. The van der Waals surface area contributed by atoms with Gasteiger partial charge in [0.1, 0.15) is 0 Å². The van der Waals surface area contributed by atoms with Crippen LogP contribution in [-0.4, -0.2) is 30.1 Å². The van der Waals surface area contributed by atoms with Crippen LogP contribution in [0.15, 0.2) is 54.6 Å². The van der Waals surface area contributed by atoms with E-state index in [9.17, 15) is 4.79 Å². The third kappa shape index (κ3) is 5.91. The molecule has 0 fully saturated rings. The summed E-state index contributed by atoms with van der Waals surface area (Å²) in [6.07, 6.45) is 1.06. The lowest BCUT2D eigenvalue weighted by atomic mass is 9.65. The third-order valence-corrected chi connectivity index (χ3v) is 8.73. The molecule has 0 amide bonds. The van der Waals surface area contributed by atoms with Crippen molar-refractivity contribution in [3.8, 4) is 0 Å². The summed E-state index contributed by atoms with van der Waals surface area (Å²) in [4.78, 5) is 21.2. The molecule has 1 aromatic heterocycles. The maximum Gasteiger partial charge on any atom is 0.338 e. The number of carbonyl (C=O) groups excluding carboxylic acids is 1. The van der Waals surface area contributed by atoms with Gasteiger partial charge in [-0.15, -0.1) is 11.3 Å². The van der Waals surface area contributed by atoms with Gasteiger partial charge in [-0.3, -0.25) is 0 Å². The molecule has 4 rings (SSSR count). The highest BCUT2D eigenvalue weighted by molar-refractivity contribution is 7.16. The molecule has 37 heavy (non-hydrogen) atoms. The predicted molar refractivity (Wildman–Crippen MR) is 154 cm³/mol. The summed E-state index contributed by atoms with van der Waals surface area (Å²) in [5.74, 6) is 0.165. The van der Waals surface area contributed by atoms with Crippen LogP contribution in [0.3, 0.4) is 0 Å². The summed E-state index contributed by atoms with van der Waals surface area (Å²) in [5.41, 5.74) is 4.03. The molecule has 1 aliphatic carbocycles. The molecule has 198 valence electrons. The number of anilines is 2. The molecule has 1 atom stereocenters. The van der Waals surface area contributed by atoms with Crippen LogP contribution in [0.1, 0.15) is 81.4 Å². The Morgan fingerprint density at radius 1 is 1.11 bits per heavy atom. The minimum absolute atomic E-state index is 0.0202. The van der Waals surface area contributed by atoms with Crippen LogP contribution < -0.4 is 10.2 Å². The second kappa shape index (κ2) is 11.0. The fraction of sp³-hybridized carbons (Fsp3) is 0.484. The first-order valence-electron chi connectivity index (χ1n) is 13.4. The lowest BCUT2D eigenvalue weighted by molar-refractivity contribution is 0.0526. The lowest BCUT2D eigenvalue weighted by Gasteiger charge is -2.45. The van der Waals surface area contributed by atoms with Gasteiger partial charge in [-0.05, 0) is 49.1 Å². The van der Waals surface area contributed by atoms with E-state index in [0.717, 1.165) is 30.3 Å². The van der Waals surface area contributed by atoms with E-state index in [1.54, 1.807) is 0 Å². The molecule has 0 saturated heterocycles. The summed E-state index contributed by atoms with van der Waals surface area (Å²) in [5, 5.41) is 4.88. The Labute approximate surface area is 226 Å². The number of ether oxygens (including phenoxy) is 1. The Bertz CT molecular complexity index is 1200. The van der Waals surface area contributed by atoms with Crippen molar-refractivity contribution in [3.63, 3.8) is 0 Å². The van der Waals surface area contributed by atoms with E-state index in [4.69, 9.17) is 9.72 Å².